The van der Waals surface area contributed by atoms with Crippen LogP contribution in [-0.2, 0) is 19.1 Å². The zero-order valence-electron chi connectivity index (χ0n) is 12.4. The Labute approximate surface area is 114 Å². The van der Waals surface area contributed by atoms with Gasteiger partial charge in [-0.3, -0.25) is 4.79 Å². The summed E-state index contributed by atoms with van der Waals surface area (Å²) in [5.41, 5.74) is -0.328. The van der Waals surface area contributed by atoms with E-state index in [1.54, 1.807) is 6.92 Å². The lowest BCUT2D eigenvalue weighted by molar-refractivity contribution is -0.144. The number of ether oxygens (including phenoxy) is 2. The van der Waals surface area contributed by atoms with Crippen molar-refractivity contribution in [1.82, 2.24) is 5.32 Å². The molecule has 0 fully saturated rings. The number of carboxylic acid groups (broad SMARTS) is 1. The third-order valence-electron chi connectivity index (χ3n) is 2.50. The van der Waals surface area contributed by atoms with Crippen molar-refractivity contribution in [2.45, 2.75) is 58.3 Å². The molecule has 0 rings (SSSR count). The quantitative estimate of drug-likeness (QED) is 0.695. The van der Waals surface area contributed by atoms with Gasteiger partial charge in [-0.25, -0.2) is 4.79 Å². The fourth-order valence-electron chi connectivity index (χ4n) is 1.46. The van der Waals surface area contributed by atoms with Gasteiger partial charge in [-0.05, 0) is 27.2 Å². The Morgan fingerprint density at radius 2 is 1.89 bits per heavy atom. The third-order valence-corrected chi connectivity index (χ3v) is 2.50. The molecule has 19 heavy (non-hydrogen) atoms. The SMILES string of the molecule is CCC(OC)C(=O)NC(CCOC(C)(C)C)C(=O)O. The van der Waals surface area contributed by atoms with Crippen LogP contribution in [0.15, 0.2) is 0 Å². The summed E-state index contributed by atoms with van der Waals surface area (Å²) in [7, 11) is 1.42. The second-order valence-electron chi connectivity index (χ2n) is 5.28. The van der Waals surface area contributed by atoms with Crippen LogP contribution in [0.5, 0.6) is 0 Å². The number of carbonyl (C=O) groups excluding carboxylic acids is 1. The van der Waals surface area contributed by atoms with Gasteiger partial charge in [0.15, 0.2) is 0 Å². The molecule has 1 amide bonds. The van der Waals surface area contributed by atoms with Gasteiger partial charge in [-0.1, -0.05) is 6.92 Å². The maximum atomic E-state index is 11.7. The molecule has 0 spiro atoms. The molecule has 0 saturated heterocycles. The van der Waals surface area contributed by atoms with Crippen molar-refractivity contribution >= 4 is 11.9 Å². The van der Waals surface area contributed by atoms with E-state index in [2.05, 4.69) is 5.32 Å². The molecule has 0 aliphatic rings. The summed E-state index contributed by atoms with van der Waals surface area (Å²) in [6.45, 7) is 7.73. The topological polar surface area (TPSA) is 84.9 Å². The van der Waals surface area contributed by atoms with E-state index in [4.69, 9.17) is 14.6 Å². The summed E-state index contributed by atoms with van der Waals surface area (Å²) in [6, 6.07) is -0.959. The van der Waals surface area contributed by atoms with Crippen molar-refractivity contribution in [2.24, 2.45) is 0 Å². The summed E-state index contributed by atoms with van der Waals surface area (Å²) in [4.78, 5) is 22.8. The fourth-order valence-corrected chi connectivity index (χ4v) is 1.46. The Kier molecular flexibility index (Phi) is 7.63. The number of carbonyl (C=O) groups is 2. The van der Waals surface area contributed by atoms with Gasteiger partial charge in [-0.15, -0.1) is 0 Å². The predicted molar refractivity (Wildman–Crippen MR) is 71.0 cm³/mol. The number of methoxy groups -OCH3 is 1. The molecule has 0 radical (unpaired) electrons. The largest absolute Gasteiger partial charge is 0.480 e. The molecular formula is C13H25NO5. The van der Waals surface area contributed by atoms with Gasteiger partial charge in [0.1, 0.15) is 12.1 Å². The lowest BCUT2D eigenvalue weighted by Gasteiger charge is -2.22. The van der Waals surface area contributed by atoms with E-state index in [0.29, 0.717) is 6.42 Å². The summed E-state index contributed by atoms with van der Waals surface area (Å²) in [5, 5.41) is 11.5. The minimum atomic E-state index is -1.07. The molecule has 0 saturated carbocycles. The van der Waals surface area contributed by atoms with E-state index in [0.717, 1.165) is 0 Å². The smallest absolute Gasteiger partial charge is 0.326 e. The molecule has 0 aliphatic carbocycles. The number of amides is 1. The number of hydrogen-bond acceptors (Lipinski definition) is 4. The van der Waals surface area contributed by atoms with Gasteiger partial charge in [0.2, 0.25) is 5.91 Å². The minimum absolute atomic E-state index is 0.221. The lowest BCUT2D eigenvalue weighted by Crippen LogP contribution is -2.46. The van der Waals surface area contributed by atoms with Crippen molar-refractivity contribution in [3.63, 3.8) is 0 Å². The predicted octanol–water partition coefficient (Wildman–Crippen LogP) is 1.19. The molecule has 0 bridgehead atoms. The van der Waals surface area contributed by atoms with Crippen LogP contribution < -0.4 is 5.32 Å². The molecular weight excluding hydrogens is 250 g/mol. The summed E-state index contributed by atoms with van der Waals surface area (Å²) >= 11 is 0. The molecule has 2 N–H and O–H groups in total. The highest BCUT2D eigenvalue weighted by Gasteiger charge is 2.24. The first-order valence-electron chi connectivity index (χ1n) is 6.41. The molecule has 0 aromatic rings. The first-order chi connectivity index (χ1) is 8.71. The number of rotatable bonds is 8. The van der Waals surface area contributed by atoms with Crippen molar-refractivity contribution in [2.75, 3.05) is 13.7 Å². The van der Waals surface area contributed by atoms with Crippen LogP contribution in [0.25, 0.3) is 0 Å². The van der Waals surface area contributed by atoms with Gasteiger partial charge in [0.05, 0.1) is 5.60 Å². The monoisotopic (exact) mass is 275 g/mol. The van der Waals surface area contributed by atoms with Crippen LogP contribution in [-0.4, -0.2) is 48.4 Å². The van der Waals surface area contributed by atoms with Gasteiger partial charge in [0, 0.05) is 20.1 Å². The van der Waals surface area contributed by atoms with E-state index in [1.165, 1.54) is 7.11 Å². The van der Waals surface area contributed by atoms with Crippen molar-refractivity contribution < 1.29 is 24.2 Å². The van der Waals surface area contributed by atoms with E-state index in [1.807, 2.05) is 20.8 Å². The summed E-state index contributed by atoms with van der Waals surface area (Å²) < 4.78 is 10.4. The van der Waals surface area contributed by atoms with E-state index < -0.39 is 24.0 Å². The third kappa shape index (κ3) is 7.79. The van der Waals surface area contributed by atoms with Crippen LogP contribution in [0.1, 0.15) is 40.5 Å². The highest BCUT2D eigenvalue weighted by Crippen LogP contribution is 2.08. The molecule has 0 aromatic carbocycles. The van der Waals surface area contributed by atoms with Crippen molar-refractivity contribution in [3.8, 4) is 0 Å². The Hall–Kier alpha value is -1.14. The molecule has 0 heterocycles. The van der Waals surface area contributed by atoms with Crippen molar-refractivity contribution in [1.29, 1.82) is 0 Å². The molecule has 6 nitrogen and oxygen atoms in total. The van der Waals surface area contributed by atoms with Gasteiger partial charge >= 0.3 is 5.97 Å². The molecule has 6 heteroatoms. The first-order valence-corrected chi connectivity index (χ1v) is 6.41. The van der Waals surface area contributed by atoms with E-state index in [9.17, 15) is 9.59 Å². The Morgan fingerprint density at radius 1 is 1.32 bits per heavy atom. The van der Waals surface area contributed by atoms with E-state index in [-0.39, 0.29) is 18.6 Å². The Bertz CT molecular complexity index is 294. The fraction of sp³-hybridized carbons (Fsp3) is 0.846. The second-order valence-corrected chi connectivity index (χ2v) is 5.28. The van der Waals surface area contributed by atoms with Gasteiger partial charge in [-0.2, -0.15) is 0 Å². The summed E-state index contributed by atoms with van der Waals surface area (Å²) in [5.74, 6) is -1.48. The zero-order chi connectivity index (χ0) is 15.1. The molecule has 0 aromatic heterocycles. The van der Waals surface area contributed by atoms with Gasteiger partial charge in [0.25, 0.3) is 0 Å². The van der Waals surface area contributed by atoms with Gasteiger partial charge < -0.3 is 19.9 Å². The van der Waals surface area contributed by atoms with Crippen LogP contribution in [0.4, 0.5) is 0 Å². The highest BCUT2D eigenvalue weighted by molar-refractivity contribution is 5.86. The first kappa shape index (κ1) is 17.9. The van der Waals surface area contributed by atoms with Crippen LogP contribution in [0.2, 0.25) is 0 Å². The lowest BCUT2D eigenvalue weighted by atomic mass is 10.1. The normalized spacial score (nSPS) is 14.8. The number of carboxylic acids is 1. The number of aliphatic carboxylic acids is 1. The van der Waals surface area contributed by atoms with E-state index >= 15 is 0 Å². The zero-order valence-corrected chi connectivity index (χ0v) is 12.4. The molecule has 2 unspecified atom stereocenters. The maximum absolute atomic E-state index is 11.7. The van der Waals surface area contributed by atoms with Crippen LogP contribution in [0, 0.1) is 0 Å². The number of hydrogen-bond donors (Lipinski definition) is 2. The Balaban J connectivity index is 4.34. The van der Waals surface area contributed by atoms with Crippen LogP contribution >= 0.6 is 0 Å². The molecule has 112 valence electrons. The summed E-state index contributed by atoms with van der Waals surface area (Å²) in [6.07, 6.45) is 0.0939. The standard InChI is InChI=1S/C13H25NO5/c1-6-10(18-5)11(15)14-9(12(16)17)7-8-19-13(2,3)4/h9-10H,6-8H2,1-5H3,(H,14,15)(H,16,17). The molecule has 0 aliphatic heterocycles. The average Bonchev–Trinajstić information content (AvgIpc) is 2.27. The minimum Gasteiger partial charge on any atom is -0.480 e. The number of nitrogens with one attached hydrogen (secondary N) is 1. The van der Waals surface area contributed by atoms with Crippen molar-refractivity contribution in [3.05, 3.63) is 0 Å². The Morgan fingerprint density at radius 3 is 2.26 bits per heavy atom. The highest BCUT2D eigenvalue weighted by atomic mass is 16.5. The molecule has 2 atom stereocenters. The van der Waals surface area contributed by atoms with Crippen LogP contribution in [0.3, 0.4) is 0 Å². The maximum Gasteiger partial charge on any atom is 0.326 e. The second kappa shape index (κ2) is 8.12. The average molecular weight is 275 g/mol.